The van der Waals surface area contributed by atoms with Gasteiger partial charge in [-0.1, -0.05) is 11.6 Å². The molecule has 0 atom stereocenters. The van der Waals surface area contributed by atoms with E-state index in [9.17, 15) is 0 Å². The highest BCUT2D eigenvalue weighted by Gasteiger charge is 2.17. The molecular formula is C9H9BClN5O. The van der Waals surface area contributed by atoms with Gasteiger partial charge in [-0.25, -0.2) is 4.98 Å². The highest BCUT2D eigenvalue weighted by atomic mass is 35.5. The Labute approximate surface area is 104 Å². The number of halogens is 1. The zero-order valence-corrected chi connectivity index (χ0v) is 9.76. The minimum Gasteiger partial charge on any atom is -0.378 e. The molecule has 2 radical (unpaired) electrons. The van der Waals surface area contributed by atoms with Gasteiger partial charge in [-0.3, -0.25) is 0 Å². The van der Waals surface area contributed by atoms with Crippen LogP contribution >= 0.6 is 11.6 Å². The molecule has 1 aliphatic heterocycles. The first-order valence-corrected chi connectivity index (χ1v) is 5.63. The molecule has 0 spiro atoms. The van der Waals surface area contributed by atoms with Crippen molar-refractivity contribution in [1.29, 1.82) is 0 Å². The Morgan fingerprint density at radius 1 is 1.29 bits per heavy atom. The third kappa shape index (κ3) is 1.96. The van der Waals surface area contributed by atoms with E-state index in [2.05, 4.69) is 20.0 Å². The molecule has 3 rings (SSSR count). The molecule has 17 heavy (non-hydrogen) atoms. The maximum atomic E-state index is 5.96. The van der Waals surface area contributed by atoms with Gasteiger partial charge in [0.15, 0.2) is 7.85 Å². The van der Waals surface area contributed by atoms with Crippen molar-refractivity contribution in [2.24, 2.45) is 0 Å². The molecule has 0 saturated carbocycles. The number of hydrogen-bond donors (Lipinski definition) is 0. The normalized spacial score (nSPS) is 16.6. The Morgan fingerprint density at radius 2 is 2.06 bits per heavy atom. The topological polar surface area (TPSA) is 55.5 Å². The molecule has 0 amide bonds. The Morgan fingerprint density at radius 3 is 2.82 bits per heavy atom. The van der Waals surface area contributed by atoms with Crippen molar-refractivity contribution in [3.8, 4) is 0 Å². The summed E-state index contributed by atoms with van der Waals surface area (Å²) in [5.41, 5.74) is 0.189. The summed E-state index contributed by atoms with van der Waals surface area (Å²) in [5, 5.41) is 4.49. The monoisotopic (exact) mass is 249 g/mol. The second-order valence-electron chi connectivity index (χ2n) is 3.72. The second kappa shape index (κ2) is 4.16. The van der Waals surface area contributed by atoms with Gasteiger partial charge in [0.2, 0.25) is 0 Å². The molecule has 3 heterocycles. The first kappa shape index (κ1) is 10.8. The maximum absolute atomic E-state index is 5.96. The Kier molecular flexibility index (Phi) is 2.64. The van der Waals surface area contributed by atoms with Gasteiger partial charge in [0, 0.05) is 19.2 Å². The molecule has 0 unspecified atom stereocenters. The molecule has 0 bridgehead atoms. The lowest BCUT2D eigenvalue weighted by atomic mass is 10.1. The number of hydrogen-bond acceptors (Lipinski definition) is 5. The minimum atomic E-state index is 0.189. The highest BCUT2D eigenvalue weighted by molar-refractivity contribution is 6.30. The number of aromatic nitrogens is 4. The van der Waals surface area contributed by atoms with Crippen LogP contribution in [0.4, 0.5) is 5.82 Å². The van der Waals surface area contributed by atoms with Crippen molar-refractivity contribution in [2.45, 2.75) is 0 Å². The molecule has 2 aromatic heterocycles. The van der Waals surface area contributed by atoms with Crippen molar-refractivity contribution in [1.82, 2.24) is 19.6 Å². The number of ether oxygens (including phenoxy) is 1. The summed E-state index contributed by atoms with van der Waals surface area (Å²) >= 11 is 5.96. The summed E-state index contributed by atoms with van der Waals surface area (Å²) in [4.78, 5) is 10.2. The van der Waals surface area contributed by atoms with Gasteiger partial charge in [0.1, 0.15) is 11.0 Å². The standard InChI is InChI=1S/C9H9BClN5O/c10-8-13-9-12-6(11)5-7(16(9)14-8)15-1-3-17-4-2-15/h5H,1-4H2. The van der Waals surface area contributed by atoms with E-state index in [1.165, 1.54) is 0 Å². The number of fused-ring (bicyclic) bond motifs is 1. The van der Waals surface area contributed by atoms with Gasteiger partial charge in [0.05, 0.1) is 18.9 Å². The van der Waals surface area contributed by atoms with Crippen LogP contribution in [-0.2, 0) is 4.74 Å². The lowest BCUT2D eigenvalue weighted by Crippen LogP contribution is -2.37. The first-order valence-electron chi connectivity index (χ1n) is 5.25. The summed E-state index contributed by atoms with van der Waals surface area (Å²) in [7, 11) is 5.57. The highest BCUT2D eigenvalue weighted by Crippen LogP contribution is 2.19. The third-order valence-electron chi connectivity index (χ3n) is 2.61. The van der Waals surface area contributed by atoms with Crippen LogP contribution in [0.1, 0.15) is 0 Å². The van der Waals surface area contributed by atoms with Gasteiger partial charge in [-0.05, 0) is 0 Å². The van der Waals surface area contributed by atoms with Crippen molar-refractivity contribution < 1.29 is 4.74 Å². The van der Waals surface area contributed by atoms with Crippen LogP contribution < -0.4 is 10.6 Å². The average molecular weight is 249 g/mol. The predicted octanol–water partition coefficient (Wildman–Crippen LogP) is -0.592. The quantitative estimate of drug-likeness (QED) is 0.499. The summed E-state index contributed by atoms with van der Waals surface area (Å²) in [6.07, 6.45) is 0. The van der Waals surface area contributed by atoms with Crippen LogP contribution in [0, 0.1) is 0 Å². The molecular weight excluding hydrogens is 240 g/mol. The van der Waals surface area contributed by atoms with Crippen LogP contribution in [0.15, 0.2) is 6.07 Å². The van der Waals surface area contributed by atoms with Crippen molar-refractivity contribution in [3.05, 3.63) is 11.2 Å². The maximum Gasteiger partial charge on any atom is 0.254 e. The SMILES string of the molecule is [B]c1nc2nc(Cl)cc(N3CCOCC3)n2n1. The van der Waals surface area contributed by atoms with E-state index in [4.69, 9.17) is 24.2 Å². The lowest BCUT2D eigenvalue weighted by molar-refractivity contribution is 0.122. The van der Waals surface area contributed by atoms with E-state index in [0.717, 1.165) is 18.9 Å². The number of nitrogens with zero attached hydrogens (tertiary/aromatic N) is 5. The van der Waals surface area contributed by atoms with Gasteiger partial charge in [0.25, 0.3) is 5.78 Å². The summed E-state index contributed by atoms with van der Waals surface area (Å²) < 4.78 is 6.91. The van der Waals surface area contributed by atoms with E-state index in [0.29, 0.717) is 24.1 Å². The molecule has 1 saturated heterocycles. The van der Waals surface area contributed by atoms with Crippen LogP contribution in [0.3, 0.4) is 0 Å². The Balaban J connectivity index is 2.12. The Bertz CT molecular complexity index is 554. The fraction of sp³-hybridized carbons (Fsp3) is 0.444. The molecule has 1 aliphatic rings. The fourth-order valence-corrected chi connectivity index (χ4v) is 2.03. The molecule has 0 aliphatic carbocycles. The van der Waals surface area contributed by atoms with Gasteiger partial charge < -0.3 is 9.64 Å². The van der Waals surface area contributed by atoms with Gasteiger partial charge >= 0.3 is 0 Å². The van der Waals surface area contributed by atoms with Crippen LogP contribution in [0.5, 0.6) is 0 Å². The molecule has 0 aromatic carbocycles. The molecule has 0 N–H and O–H groups in total. The largest absolute Gasteiger partial charge is 0.378 e. The minimum absolute atomic E-state index is 0.189. The smallest absolute Gasteiger partial charge is 0.254 e. The lowest BCUT2D eigenvalue weighted by Gasteiger charge is -2.28. The average Bonchev–Trinajstić information content (AvgIpc) is 2.69. The van der Waals surface area contributed by atoms with E-state index in [-0.39, 0.29) is 5.72 Å². The van der Waals surface area contributed by atoms with Crippen molar-refractivity contribution in [3.63, 3.8) is 0 Å². The van der Waals surface area contributed by atoms with Crippen molar-refractivity contribution in [2.75, 3.05) is 31.2 Å². The zero-order chi connectivity index (χ0) is 11.8. The van der Waals surface area contributed by atoms with E-state index in [1.54, 1.807) is 10.6 Å². The summed E-state index contributed by atoms with van der Waals surface area (Å²) in [5.74, 6) is 1.25. The predicted molar refractivity (Wildman–Crippen MR) is 64.2 cm³/mol. The molecule has 6 nitrogen and oxygen atoms in total. The molecule has 8 heteroatoms. The molecule has 1 fully saturated rings. The van der Waals surface area contributed by atoms with Crippen LogP contribution in [0.2, 0.25) is 5.15 Å². The first-order chi connectivity index (χ1) is 8.24. The van der Waals surface area contributed by atoms with E-state index in [1.807, 2.05) is 0 Å². The number of morpholine rings is 1. The van der Waals surface area contributed by atoms with E-state index >= 15 is 0 Å². The van der Waals surface area contributed by atoms with E-state index < -0.39 is 0 Å². The summed E-state index contributed by atoms with van der Waals surface area (Å²) in [6, 6.07) is 1.76. The van der Waals surface area contributed by atoms with Crippen molar-refractivity contribution >= 4 is 36.8 Å². The molecule has 86 valence electrons. The van der Waals surface area contributed by atoms with Gasteiger partial charge in [-0.15, -0.1) is 0 Å². The van der Waals surface area contributed by atoms with Crippen LogP contribution in [0.25, 0.3) is 5.78 Å². The van der Waals surface area contributed by atoms with Gasteiger partial charge in [-0.2, -0.15) is 14.6 Å². The molecule has 2 aromatic rings. The Hall–Kier alpha value is -1.34. The fourth-order valence-electron chi connectivity index (χ4n) is 1.86. The summed E-state index contributed by atoms with van der Waals surface area (Å²) in [6.45, 7) is 2.95. The zero-order valence-electron chi connectivity index (χ0n) is 9.01. The van der Waals surface area contributed by atoms with Crippen LogP contribution in [-0.4, -0.2) is 53.7 Å². The third-order valence-corrected chi connectivity index (χ3v) is 2.81. The number of anilines is 1. The number of rotatable bonds is 1. The second-order valence-corrected chi connectivity index (χ2v) is 4.11.